The number of hydrogen-bond acceptors (Lipinski definition) is 6. The van der Waals surface area contributed by atoms with Crippen LogP contribution in [0.5, 0.6) is 0 Å². The molecule has 37 heavy (non-hydrogen) atoms. The van der Waals surface area contributed by atoms with Crippen LogP contribution in [0.2, 0.25) is 0 Å². The van der Waals surface area contributed by atoms with Gasteiger partial charge in [-0.2, -0.15) is 0 Å². The SMILES string of the molecule is COC(=O)C1CC2(CC=C(C)C)C(=O)C(CC=C(C)C)(C(=O)C(C(=O)c3ccccc3)=C2OC)C1(C)C. The third-order valence-corrected chi connectivity index (χ3v) is 8.25. The van der Waals surface area contributed by atoms with Gasteiger partial charge in [-0.1, -0.05) is 67.5 Å². The minimum Gasteiger partial charge on any atom is -0.499 e. The molecule has 2 aliphatic rings. The highest BCUT2D eigenvalue weighted by atomic mass is 16.5. The summed E-state index contributed by atoms with van der Waals surface area (Å²) in [6.07, 6.45) is 4.12. The summed E-state index contributed by atoms with van der Waals surface area (Å²) in [5.41, 5.74) is -2.02. The number of Topliss-reactive ketones (excluding diaryl/α,β-unsaturated/α-hetero) is 3. The molecule has 1 aromatic rings. The number of esters is 1. The number of carbonyl (C=O) groups is 4. The smallest absolute Gasteiger partial charge is 0.309 e. The summed E-state index contributed by atoms with van der Waals surface area (Å²) in [7, 11) is 2.70. The normalized spacial score (nSPS) is 26.3. The third-order valence-electron chi connectivity index (χ3n) is 8.25. The lowest BCUT2D eigenvalue weighted by molar-refractivity contribution is -0.180. The molecule has 6 heteroatoms. The molecule has 0 radical (unpaired) electrons. The van der Waals surface area contributed by atoms with Crippen molar-refractivity contribution in [3.8, 4) is 0 Å². The number of fused-ring (bicyclic) bond motifs is 2. The Morgan fingerprint density at radius 2 is 1.51 bits per heavy atom. The van der Waals surface area contributed by atoms with Crippen LogP contribution in [0.4, 0.5) is 0 Å². The van der Waals surface area contributed by atoms with Crippen molar-refractivity contribution in [2.75, 3.05) is 14.2 Å². The number of methoxy groups -OCH3 is 2. The van der Waals surface area contributed by atoms with E-state index >= 15 is 0 Å². The lowest BCUT2D eigenvalue weighted by Crippen LogP contribution is -2.68. The van der Waals surface area contributed by atoms with Crippen molar-refractivity contribution in [3.05, 3.63) is 70.5 Å². The highest BCUT2D eigenvalue weighted by Gasteiger charge is 2.74. The van der Waals surface area contributed by atoms with Gasteiger partial charge in [-0.15, -0.1) is 0 Å². The molecule has 0 N–H and O–H groups in total. The molecule has 0 heterocycles. The third kappa shape index (κ3) is 4.30. The Bertz CT molecular complexity index is 1210. The molecular formula is C31H38O6. The molecule has 0 spiro atoms. The van der Waals surface area contributed by atoms with Gasteiger partial charge in [-0.3, -0.25) is 19.2 Å². The second kappa shape index (κ2) is 10.2. The Kier molecular flexibility index (Phi) is 7.83. The van der Waals surface area contributed by atoms with E-state index in [9.17, 15) is 19.2 Å². The molecule has 0 aliphatic heterocycles. The van der Waals surface area contributed by atoms with E-state index in [1.165, 1.54) is 14.2 Å². The minimum absolute atomic E-state index is 0.0473. The fourth-order valence-electron chi connectivity index (χ4n) is 6.05. The van der Waals surface area contributed by atoms with Crippen molar-refractivity contribution in [2.24, 2.45) is 22.2 Å². The Morgan fingerprint density at radius 1 is 0.946 bits per heavy atom. The van der Waals surface area contributed by atoms with Crippen LogP contribution in [0.1, 0.15) is 71.2 Å². The molecule has 2 bridgehead atoms. The number of benzene rings is 1. The van der Waals surface area contributed by atoms with E-state index in [1.807, 2.05) is 39.8 Å². The maximum Gasteiger partial charge on any atom is 0.309 e. The monoisotopic (exact) mass is 506 g/mol. The summed E-state index contributed by atoms with van der Waals surface area (Å²) in [6, 6.07) is 8.55. The molecule has 0 amide bonds. The largest absolute Gasteiger partial charge is 0.499 e. The van der Waals surface area contributed by atoms with E-state index in [0.29, 0.717) is 5.56 Å². The zero-order chi connectivity index (χ0) is 27.8. The average molecular weight is 507 g/mol. The van der Waals surface area contributed by atoms with Crippen molar-refractivity contribution >= 4 is 23.3 Å². The van der Waals surface area contributed by atoms with Crippen LogP contribution >= 0.6 is 0 Å². The lowest BCUT2D eigenvalue weighted by atomic mass is 9.40. The first-order valence-electron chi connectivity index (χ1n) is 12.6. The Balaban J connectivity index is 2.50. The summed E-state index contributed by atoms with van der Waals surface area (Å²) in [5.74, 6) is -2.58. The molecule has 6 nitrogen and oxygen atoms in total. The van der Waals surface area contributed by atoms with Gasteiger partial charge in [0, 0.05) is 5.56 Å². The maximum absolute atomic E-state index is 14.8. The molecule has 3 unspecified atom stereocenters. The topological polar surface area (TPSA) is 86.7 Å². The predicted octanol–water partition coefficient (Wildman–Crippen LogP) is 5.83. The summed E-state index contributed by atoms with van der Waals surface area (Å²) in [5, 5.41) is 0. The van der Waals surface area contributed by atoms with Crippen molar-refractivity contribution in [3.63, 3.8) is 0 Å². The van der Waals surface area contributed by atoms with E-state index in [1.54, 1.807) is 44.2 Å². The van der Waals surface area contributed by atoms with Crippen LogP contribution in [0.3, 0.4) is 0 Å². The minimum atomic E-state index is -1.65. The quantitative estimate of drug-likeness (QED) is 0.145. The molecule has 1 fully saturated rings. The van der Waals surface area contributed by atoms with Crippen molar-refractivity contribution in [1.29, 1.82) is 0 Å². The zero-order valence-corrected chi connectivity index (χ0v) is 23.2. The Morgan fingerprint density at radius 3 is 2.03 bits per heavy atom. The van der Waals surface area contributed by atoms with Gasteiger partial charge in [0.05, 0.1) is 25.6 Å². The molecular weight excluding hydrogens is 468 g/mol. The van der Waals surface area contributed by atoms with Gasteiger partial charge in [-0.25, -0.2) is 0 Å². The van der Waals surface area contributed by atoms with E-state index in [0.717, 1.165) is 11.1 Å². The lowest BCUT2D eigenvalue weighted by Gasteiger charge is -2.59. The first-order chi connectivity index (χ1) is 17.3. The van der Waals surface area contributed by atoms with E-state index in [-0.39, 0.29) is 36.4 Å². The van der Waals surface area contributed by atoms with E-state index in [2.05, 4.69) is 0 Å². The number of ether oxygens (including phenoxy) is 2. The van der Waals surface area contributed by atoms with Crippen molar-refractivity contribution in [2.45, 2.75) is 60.8 Å². The maximum atomic E-state index is 14.8. The van der Waals surface area contributed by atoms with E-state index < -0.39 is 39.7 Å². The molecule has 1 saturated carbocycles. The number of ketones is 3. The van der Waals surface area contributed by atoms with Gasteiger partial charge >= 0.3 is 5.97 Å². The second-order valence-electron chi connectivity index (χ2n) is 11.2. The molecule has 0 saturated heterocycles. The van der Waals surface area contributed by atoms with Gasteiger partial charge in [-0.05, 0) is 52.4 Å². The van der Waals surface area contributed by atoms with Crippen LogP contribution in [0.25, 0.3) is 0 Å². The van der Waals surface area contributed by atoms with Gasteiger partial charge in [0.15, 0.2) is 17.3 Å². The van der Waals surface area contributed by atoms with Crippen LogP contribution in [-0.2, 0) is 23.9 Å². The van der Waals surface area contributed by atoms with E-state index in [4.69, 9.17) is 9.47 Å². The summed E-state index contributed by atoms with van der Waals surface area (Å²) >= 11 is 0. The number of rotatable bonds is 8. The second-order valence-corrected chi connectivity index (χ2v) is 11.2. The highest BCUT2D eigenvalue weighted by Crippen LogP contribution is 2.66. The van der Waals surface area contributed by atoms with Crippen LogP contribution in [0, 0.1) is 22.2 Å². The van der Waals surface area contributed by atoms with Crippen molar-refractivity contribution < 1.29 is 28.7 Å². The zero-order valence-electron chi connectivity index (χ0n) is 23.2. The van der Waals surface area contributed by atoms with Gasteiger partial charge in [0.25, 0.3) is 0 Å². The average Bonchev–Trinajstić information content (AvgIpc) is 2.86. The number of hydrogen-bond donors (Lipinski definition) is 0. The fourth-order valence-corrected chi connectivity index (χ4v) is 6.05. The molecule has 2 aliphatic carbocycles. The number of allylic oxidation sites excluding steroid dienone is 6. The Hall–Kier alpha value is -3.28. The van der Waals surface area contributed by atoms with Crippen LogP contribution in [-0.4, -0.2) is 37.5 Å². The molecule has 0 aromatic heterocycles. The van der Waals surface area contributed by atoms with Gasteiger partial charge in [0.1, 0.15) is 16.7 Å². The Labute approximate surface area is 219 Å². The molecule has 3 atom stereocenters. The molecule has 198 valence electrons. The molecule has 3 rings (SSSR count). The first kappa shape index (κ1) is 28.3. The highest BCUT2D eigenvalue weighted by molar-refractivity contribution is 6.35. The fraction of sp³-hybridized carbons (Fsp3) is 0.484. The number of carbonyl (C=O) groups excluding carboxylic acids is 4. The predicted molar refractivity (Wildman–Crippen MR) is 142 cm³/mol. The summed E-state index contributed by atoms with van der Waals surface area (Å²) in [4.78, 5) is 56.6. The molecule has 1 aromatic carbocycles. The summed E-state index contributed by atoms with van der Waals surface area (Å²) < 4.78 is 11.0. The van der Waals surface area contributed by atoms with Crippen LogP contribution in [0.15, 0.2) is 65.0 Å². The van der Waals surface area contributed by atoms with Gasteiger partial charge in [0.2, 0.25) is 0 Å². The first-order valence-corrected chi connectivity index (χ1v) is 12.6. The summed E-state index contributed by atoms with van der Waals surface area (Å²) in [6.45, 7) is 11.2. The van der Waals surface area contributed by atoms with Crippen molar-refractivity contribution in [1.82, 2.24) is 0 Å². The standard InChI is InChI=1S/C31H38O6/c1-19(2)14-16-30-18-22(27(34)37-8)29(5,6)31(28(30)35,17-15-20(3)4)25(33)23(26(30)36-7)24(32)21-12-10-9-11-13-21/h9-15,22H,16-18H2,1-8H3. The van der Waals surface area contributed by atoms with Gasteiger partial charge < -0.3 is 9.47 Å². The van der Waals surface area contributed by atoms with Crippen LogP contribution < -0.4 is 0 Å².